The van der Waals surface area contributed by atoms with Gasteiger partial charge in [-0.25, -0.2) is 5.01 Å². The number of hydrogen-bond donors (Lipinski definition) is 2. The van der Waals surface area contributed by atoms with Crippen LogP contribution in [0.4, 0.5) is 17.8 Å². The molecule has 0 spiro atoms. The van der Waals surface area contributed by atoms with Gasteiger partial charge in [0, 0.05) is 35.2 Å². The van der Waals surface area contributed by atoms with Crippen LogP contribution in [-0.2, 0) is 0 Å². The smallest absolute Gasteiger partial charge is 0.244 e. The summed E-state index contributed by atoms with van der Waals surface area (Å²) in [7, 11) is 9.28. The van der Waals surface area contributed by atoms with Crippen molar-refractivity contribution in [1.82, 2.24) is 20.0 Å². The van der Waals surface area contributed by atoms with Crippen LogP contribution in [0.5, 0.6) is 0 Å². The molecular weight excluding hydrogens is 194 g/mol. The third-order valence-corrected chi connectivity index (χ3v) is 1.57. The van der Waals surface area contributed by atoms with Gasteiger partial charge >= 0.3 is 0 Å². The Hall–Kier alpha value is -1.63. The summed E-state index contributed by atoms with van der Waals surface area (Å²) in [6, 6.07) is 0. The summed E-state index contributed by atoms with van der Waals surface area (Å²) < 4.78 is 0. The molecule has 0 unspecified atom stereocenters. The average Bonchev–Trinajstić information content (AvgIpc) is 2.16. The lowest BCUT2D eigenvalue weighted by molar-refractivity contribution is 0.488. The summed E-state index contributed by atoms with van der Waals surface area (Å²) in [4.78, 5) is 14.4. The Balaban J connectivity index is 3.00. The molecule has 0 saturated carbocycles. The van der Waals surface area contributed by atoms with Crippen LogP contribution in [0.1, 0.15) is 0 Å². The Morgan fingerprint density at radius 1 is 0.933 bits per heavy atom. The highest BCUT2D eigenvalue weighted by atomic mass is 15.5. The van der Waals surface area contributed by atoms with Gasteiger partial charge in [0.15, 0.2) is 0 Å². The van der Waals surface area contributed by atoms with Crippen molar-refractivity contribution < 1.29 is 0 Å². The first kappa shape index (κ1) is 11.4. The van der Waals surface area contributed by atoms with Crippen molar-refractivity contribution in [3.05, 3.63) is 0 Å². The number of aromatic nitrogens is 3. The zero-order chi connectivity index (χ0) is 11.4. The summed E-state index contributed by atoms with van der Waals surface area (Å²) >= 11 is 0. The van der Waals surface area contributed by atoms with Crippen LogP contribution in [0.15, 0.2) is 0 Å². The van der Waals surface area contributed by atoms with E-state index in [1.54, 1.807) is 12.1 Å². The number of rotatable bonds is 4. The van der Waals surface area contributed by atoms with Gasteiger partial charge in [0.1, 0.15) is 0 Å². The molecule has 84 valence electrons. The standard InChI is InChI=1S/C8H17N7/c1-9-6-10-7(13-15(4)5)12-8(11-6)14(2)3/h1-5H3,(H2,9,10,11,12,13). The van der Waals surface area contributed by atoms with Crippen LogP contribution in [0.2, 0.25) is 0 Å². The van der Waals surface area contributed by atoms with Crippen molar-refractivity contribution >= 4 is 17.8 Å². The van der Waals surface area contributed by atoms with E-state index < -0.39 is 0 Å². The molecule has 0 bridgehead atoms. The Bertz CT molecular complexity index is 323. The highest BCUT2D eigenvalue weighted by molar-refractivity contribution is 5.42. The largest absolute Gasteiger partial charge is 0.357 e. The van der Waals surface area contributed by atoms with E-state index in [4.69, 9.17) is 0 Å². The molecule has 0 radical (unpaired) electrons. The molecule has 0 atom stereocenters. The van der Waals surface area contributed by atoms with E-state index in [2.05, 4.69) is 25.7 Å². The van der Waals surface area contributed by atoms with E-state index in [0.29, 0.717) is 17.8 Å². The van der Waals surface area contributed by atoms with Gasteiger partial charge in [-0.1, -0.05) is 0 Å². The van der Waals surface area contributed by atoms with Gasteiger partial charge in [-0.2, -0.15) is 15.0 Å². The van der Waals surface area contributed by atoms with Gasteiger partial charge < -0.3 is 10.2 Å². The van der Waals surface area contributed by atoms with Crippen molar-refractivity contribution in [2.45, 2.75) is 0 Å². The van der Waals surface area contributed by atoms with Crippen molar-refractivity contribution in [1.29, 1.82) is 0 Å². The predicted molar refractivity (Wildman–Crippen MR) is 61.0 cm³/mol. The molecule has 0 fully saturated rings. The normalized spacial score (nSPS) is 10.3. The third-order valence-electron chi connectivity index (χ3n) is 1.57. The second kappa shape index (κ2) is 4.74. The third kappa shape index (κ3) is 3.21. The van der Waals surface area contributed by atoms with Gasteiger partial charge in [-0.05, 0) is 0 Å². The maximum atomic E-state index is 4.23. The first-order chi connectivity index (χ1) is 7.02. The Labute approximate surface area is 89.5 Å². The Morgan fingerprint density at radius 2 is 1.53 bits per heavy atom. The van der Waals surface area contributed by atoms with Crippen LogP contribution in [0.25, 0.3) is 0 Å². The van der Waals surface area contributed by atoms with Gasteiger partial charge in [0.2, 0.25) is 17.8 Å². The van der Waals surface area contributed by atoms with Gasteiger partial charge in [0.25, 0.3) is 0 Å². The quantitative estimate of drug-likeness (QED) is 0.672. The predicted octanol–water partition coefficient (Wildman–Crippen LogP) is -0.132. The van der Waals surface area contributed by atoms with Gasteiger partial charge in [0.05, 0.1) is 0 Å². The molecule has 7 heteroatoms. The van der Waals surface area contributed by atoms with E-state index >= 15 is 0 Å². The topological polar surface area (TPSA) is 69.2 Å². The fraction of sp³-hybridized carbons (Fsp3) is 0.625. The van der Waals surface area contributed by atoms with Crippen molar-refractivity contribution in [3.8, 4) is 0 Å². The molecule has 0 amide bonds. The average molecular weight is 211 g/mol. The summed E-state index contributed by atoms with van der Waals surface area (Å²) in [5, 5.41) is 4.66. The van der Waals surface area contributed by atoms with E-state index in [-0.39, 0.29) is 0 Å². The van der Waals surface area contributed by atoms with E-state index in [9.17, 15) is 0 Å². The molecule has 0 aliphatic rings. The minimum absolute atomic E-state index is 0.517. The molecule has 1 aromatic heterocycles. The molecule has 7 nitrogen and oxygen atoms in total. The minimum atomic E-state index is 0.517. The SMILES string of the molecule is CNc1nc(NN(C)C)nc(N(C)C)n1. The number of anilines is 3. The molecule has 0 aliphatic heterocycles. The first-order valence-corrected chi connectivity index (χ1v) is 4.58. The second-order valence-electron chi connectivity index (χ2n) is 3.43. The minimum Gasteiger partial charge on any atom is -0.357 e. The molecule has 1 aromatic rings. The fourth-order valence-corrected chi connectivity index (χ4v) is 0.927. The molecule has 0 aliphatic carbocycles. The highest BCUT2D eigenvalue weighted by Gasteiger charge is 2.06. The fourth-order valence-electron chi connectivity index (χ4n) is 0.927. The lowest BCUT2D eigenvalue weighted by atomic mass is 10.7. The maximum Gasteiger partial charge on any atom is 0.244 e. The lowest BCUT2D eigenvalue weighted by Gasteiger charge is -2.15. The monoisotopic (exact) mass is 211 g/mol. The molecule has 0 saturated heterocycles. The lowest BCUT2D eigenvalue weighted by Crippen LogP contribution is -2.23. The zero-order valence-corrected chi connectivity index (χ0v) is 9.74. The molecule has 0 aromatic carbocycles. The van der Waals surface area contributed by atoms with Crippen LogP contribution < -0.4 is 15.6 Å². The van der Waals surface area contributed by atoms with Gasteiger partial charge in [-0.15, -0.1) is 0 Å². The Kier molecular flexibility index (Phi) is 3.62. The number of nitrogens with one attached hydrogen (secondary N) is 2. The second-order valence-corrected chi connectivity index (χ2v) is 3.43. The molecule has 15 heavy (non-hydrogen) atoms. The van der Waals surface area contributed by atoms with Crippen LogP contribution in [0, 0.1) is 0 Å². The Morgan fingerprint density at radius 3 is 2.00 bits per heavy atom. The summed E-state index contributed by atoms with van der Waals surface area (Å²) in [6.07, 6.45) is 0. The first-order valence-electron chi connectivity index (χ1n) is 4.58. The molecule has 1 rings (SSSR count). The summed E-state index contributed by atoms with van der Waals surface area (Å²) in [5.74, 6) is 1.67. The number of nitrogens with zero attached hydrogens (tertiary/aromatic N) is 5. The van der Waals surface area contributed by atoms with Crippen LogP contribution >= 0.6 is 0 Å². The molecular formula is C8H17N7. The highest BCUT2D eigenvalue weighted by Crippen LogP contribution is 2.10. The van der Waals surface area contributed by atoms with Crippen LogP contribution in [0.3, 0.4) is 0 Å². The maximum absolute atomic E-state index is 4.23. The number of hydrazine groups is 1. The summed E-state index contributed by atoms with van der Waals surface area (Å²) in [5.41, 5.74) is 2.98. The number of hydrogen-bond acceptors (Lipinski definition) is 7. The van der Waals surface area contributed by atoms with Crippen molar-refractivity contribution in [2.24, 2.45) is 0 Å². The van der Waals surface area contributed by atoms with E-state index in [0.717, 1.165) is 0 Å². The van der Waals surface area contributed by atoms with E-state index in [1.807, 2.05) is 33.1 Å². The van der Waals surface area contributed by atoms with Crippen LogP contribution in [-0.4, -0.2) is 55.2 Å². The molecule has 1 heterocycles. The van der Waals surface area contributed by atoms with Gasteiger partial charge in [-0.3, -0.25) is 5.43 Å². The van der Waals surface area contributed by atoms with Crippen molar-refractivity contribution in [3.63, 3.8) is 0 Å². The molecule has 2 N–H and O–H groups in total. The van der Waals surface area contributed by atoms with Crippen molar-refractivity contribution in [2.75, 3.05) is 50.9 Å². The summed E-state index contributed by atoms with van der Waals surface area (Å²) in [6.45, 7) is 0. The zero-order valence-electron chi connectivity index (χ0n) is 9.74. The van der Waals surface area contributed by atoms with E-state index in [1.165, 1.54) is 0 Å².